The molecule has 5 heteroatoms. The Morgan fingerprint density at radius 1 is 0.808 bits per heavy atom. The third-order valence-corrected chi connectivity index (χ3v) is 4.59. The minimum absolute atomic E-state index is 0.0320. The molecule has 0 saturated heterocycles. The molecule has 130 valence electrons. The van der Waals surface area contributed by atoms with Gasteiger partial charge in [0.1, 0.15) is 5.75 Å². The first-order valence-electron chi connectivity index (χ1n) is 8.00. The van der Waals surface area contributed by atoms with Gasteiger partial charge >= 0.3 is 0 Å². The molecule has 0 bridgehead atoms. The second-order valence-corrected chi connectivity index (χ2v) is 6.70. The van der Waals surface area contributed by atoms with Crippen LogP contribution in [-0.4, -0.2) is 18.3 Å². The third-order valence-electron chi connectivity index (χ3n) is 3.70. The van der Waals surface area contributed by atoms with Gasteiger partial charge in [-0.05, 0) is 71.1 Å². The minimum Gasteiger partial charge on any atom is -0.484 e. The minimum atomic E-state index is -0.188. The first-order valence-corrected chi connectivity index (χ1v) is 9.08. The van der Waals surface area contributed by atoms with Gasteiger partial charge in [-0.25, -0.2) is 0 Å². The molecule has 0 heterocycles. The molecule has 0 fully saturated rings. The number of halogens is 1. The van der Waals surface area contributed by atoms with Crippen LogP contribution in [0, 0.1) is 3.57 Å². The highest BCUT2D eigenvalue weighted by atomic mass is 127. The molecule has 3 rings (SSSR count). The maximum Gasteiger partial charge on any atom is 0.255 e. The van der Waals surface area contributed by atoms with Crippen molar-refractivity contribution in [2.45, 2.75) is 0 Å². The summed E-state index contributed by atoms with van der Waals surface area (Å²) in [6, 6.07) is 23.3. The molecule has 26 heavy (non-hydrogen) atoms. The molecule has 0 aliphatic heterocycles. The van der Waals surface area contributed by atoms with Gasteiger partial charge in [0.15, 0.2) is 12.4 Å². The lowest BCUT2D eigenvalue weighted by molar-refractivity contribution is 0.0920. The Labute approximate surface area is 165 Å². The van der Waals surface area contributed by atoms with Gasteiger partial charge in [-0.3, -0.25) is 9.59 Å². The van der Waals surface area contributed by atoms with Crippen LogP contribution in [0.15, 0.2) is 78.9 Å². The van der Waals surface area contributed by atoms with Crippen molar-refractivity contribution in [1.29, 1.82) is 0 Å². The SMILES string of the molecule is O=C(COc1ccccc1I)c1ccc(NC(=O)c2ccccc2)cc1. The fourth-order valence-electron chi connectivity index (χ4n) is 2.32. The number of hydrogen-bond donors (Lipinski definition) is 1. The van der Waals surface area contributed by atoms with E-state index in [1.807, 2.05) is 42.5 Å². The Bertz CT molecular complexity index is 908. The second kappa shape index (κ2) is 8.62. The predicted octanol–water partition coefficient (Wildman–Crippen LogP) is 4.81. The number of carbonyl (C=O) groups is 2. The highest BCUT2D eigenvalue weighted by Gasteiger charge is 2.10. The highest BCUT2D eigenvalue weighted by Crippen LogP contribution is 2.20. The van der Waals surface area contributed by atoms with E-state index in [-0.39, 0.29) is 18.3 Å². The second-order valence-electron chi connectivity index (χ2n) is 5.54. The van der Waals surface area contributed by atoms with E-state index < -0.39 is 0 Å². The molecule has 1 N–H and O–H groups in total. The average molecular weight is 457 g/mol. The molecule has 0 aliphatic carbocycles. The molecule has 4 nitrogen and oxygen atoms in total. The largest absolute Gasteiger partial charge is 0.484 e. The Morgan fingerprint density at radius 2 is 1.46 bits per heavy atom. The van der Waals surface area contributed by atoms with E-state index in [1.54, 1.807) is 36.4 Å². The topological polar surface area (TPSA) is 55.4 Å². The molecule has 0 radical (unpaired) electrons. The van der Waals surface area contributed by atoms with Gasteiger partial charge in [-0.2, -0.15) is 0 Å². The standard InChI is InChI=1S/C21H16INO3/c22-18-8-4-5-9-20(18)26-14-19(24)15-10-12-17(13-11-15)23-21(25)16-6-2-1-3-7-16/h1-13H,14H2,(H,23,25). The molecule has 3 aromatic carbocycles. The molecule has 0 saturated carbocycles. The summed E-state index contributed by atoms with van der Waals surface area (Å²) in [7, 11) is 0. The molecule has 0 aliphatic rings. The molecule has 0 atom stereocenters. The number of nitrogens with one attached hydrogen (secondary N) is 1. The Kier molecular flexibility index (Phi) is 6.01. The van der Waals surface area contributed by atoms with Crippen LogP contribution in [0.4, 0.5) is 5.69 Å². The van der Waals surface area contributed by atoms with Crippen LogP contribution in [-0.2, 0) is 0 Å². The van der Waals surface area contributed by atoms with Crippen molar-refractivity contribution >= 4 is 40.0 Å². The van der Waals surface area contributed by atoms with Gasteiger partial charge in [0.2, 0.25) is 0 Å². The van der Waals surface area contributed by atoms with Crippen molar-refractivity contribution < 1.29 is 14.3 Å². The average Bonchev–Trinajstić information content (AvgIpc) is 2.68. The summed E-state index contributed by atoms with van der Waals surface area (Å²) in [6.07, 6.45) is 0. The van der Waals surface area contributed by atoms with Crippen molar-refractivity contribution in [2.75, 3.05) is 11.9 Å². The van der Waals surface area contributed by atoms with Gasteiger partial charge in [0.25, 0.3) is 5.91 Å². The van der Waals surface area contributed by atoms with Gasteiger partial charge in [0, 0.05) is 16.8 Å². The highest BCUT2D eigenvalue weighted by molar-refractivity contribution is 14.1. The Balaban J connectivity index is 1.59. The monoisotopic (exact) mass is 457 g/mol. The normalized spacial score (nSPS) is 10.2. The number of Topliss-reactive ketones (excluding diaryl/α,β-unsaturated/α-hetero) is 1. The lowest BCUT2D eigenvalue weighted by Gasteiger charge is -2.08. The van der Waals surface area contributed by atoms with E-state index in [4.69, 9.17) is 4.74 Å². The maximum atomic E-state index is 12.3. The lowest BCUT2D eigenvalue weighted by Crippen LogP contribution is -2.13. The summed E-state index contributed by atoms with van der Waals surface area (Å²) in [5.74, 6) is 0.380. The van der Waals surface area contributed by atoms with Crippen LogP contribution in [0.2, 0.25) is 0 Å². The number of anilines is 1. The number of benzene rings is 3. The summed E-state index contributed by atoms with van der Waals surface area (Å²) in [5.41, 5.74) is 1.75. The predicted molar refractivity (Wildman–Crippen MR) is 110 cm³/mol. The number of ketones is 1. The van der Waals surface area contributed by atoms with E-state index in [1.165, 1.54) is 0 Å². The fraction of sp³-hybridized carbons (Fsp3) is 0.0476. The van der Waals surface area contributed by atoms with Crippen LogP contribution in [0.1, 0.15) is 20.7 Å². The van der Waals surface area contributed by atoms with E-state index >= 15 is 0 Å². The first-order chi connectivity index (χ1) is 12.6. The lowest BCUT2D eigenvalue weighted by atomic mass is 10.1. The van der Waals surface area contributed by atoms with E-state index in [0.717, 1.165) is 3.57 Å². The van der Waals surface area contributed by atoms with Crippen molar-refractivity contribution in [3.63, 3.8) is 0 Å². The zero-order chi connectivity index (χ0) is 18.4. The van der Waals surface area contributed by atoms with Crippen molar-refractivity contribution in [1.82, 2.24) is 0 Å². The van der Waals surface area contributed by atoms with Crippen molar-refractivity contribution in [3.8, 4) is 5.75 Å². The number of ether oxygens (including phenoxy) is 1. The molecule has 0 unspecified atom stereocenters. The van der Waals surface area contributed by atoms with Crippen LogP contribution in [0.25, 0.3) is 0 Å². The van der Waals surface area contributed by atoms with Crippen LogP contribution in [0.5, 0.6) is 5.75 Å². The molecule has 1 amide bonds. The molecule has 3 aromatic rings. The molecule has 0 spiro atoms. The van der Waals surface area contributed by atoms with E-state index in [0.29, 0.717) is 22.6 Å². The van der Waals surface area contributed by atoms with Crippen LogP contribution in [0.3, 0.4) is 0 Å². The van der Waals surface area contributed by atoms with Gasteiger partial charge < -0.3 is 10.1 Å². The number of amides is 1. The van der Waals surface area contributed by atoms with Gasteiger partial charge in [0.05, 0.1) is 3.57 Å². The number of para-hydroxylation sites is 1. The van der Waals surface area contributed by atoms with Crippen molar-refractivity contribution in [2.24, 2.45) is 0 Å². The summed E-state index contributed by atoms with van der Waals surface area (Å²) in [6.45, 7) is -0.0320. The Hall–Kier alpha value is -2.67. The summed E-state index contributed by atoms with van der Waals surface area (Å²) >= 11 is 2.17. The van der Waals surface area contributed by atoms with Crippen LogP contribution >= 0.6 is 22.6 Å². The smallest absolute Gasteiger partial charge is 0.255 e. The summed E-state index contributed by atoms with van der Waals surface area (Å²) < 4.78 is 6.53. The number of rotatable bonds is 6. The van der Waals surface area contributed by atoms with Gasteiger partial charge in [-0.1, -0.05) is 30.3 Å². The van der Waals surface area contributed by atoms with Crippen molar-refractivity contribution in [3.05, 3.63) is 93.6 Å². The van der Waals surface area contributed by atoms with E-state index in [2.05, 4.69) is 27.9 Å². The number of hydrogen-bond acceptors (Lipinski definition) is 3. The van der Waals surface area contributed by atoms with E-state index in [9.17, 15) is 9.59 Å². The zero-order valence-electron chi connectivity index (χ0n) is 13.8. The molecular weight excluding hydrogens is 441 g/mol. The quantitative estimate of drug-likeness (QED) is 0.427. The third kappa shape index (κ3) is 4.70. The molecular formula is C21H16INO3. The summed E-state index contributed by atoms with van der Waals surface area (Å²) in [5, 5.41) is 2.81. The summed E-state index contributed by atoms with van der Waals surface area (Å²) in [4.78, 5) is 24.4. The fourth-order valence-corrected chi connectivity index (χ4v) is 2.86. The first kappa shape index (κ1) is 18.1. The molecule has 0 aromatic heterocycles. The number of carbonyl (C=O) groups excluding carboxylic acids is 2. The zero-order valence-corrected chi connectivity index (χ0v) is 16.0. The maximum absolute atomic E-state index is 12.3. The van der Waals surface area contributed by atoms with Crippen LogP contribution < -0.4 is 10.1 Å². The van der Waals surface area contributed by atoms with Gasteiger partial charge in [-0.15, -0.1) is 0 Å². The Morgan fingerprint density at radius 3 is 2.15 bits per heavy atom.